The van der Waals surface area contributed by atoms with Crippen molar-refractivity contribution in [3.05, 3.63) is 24.3 Å². The predicted molar refractivity (Wildman–Crippen MR) is 93.0 cm³/mol. The zero-order chi connectivity index (χ0) is 16.3. The van der Waals surface area contributed by atoms with E-state index in [0.29, 0.717) is 31.7 Å². The molecule has 1 saturated heterocycles. The van der Waals surface area contributed by atoms with Gasteiger partial charge in [0.1, 0.15) is 0 Å². The van der Waals surface area contributed by atoms with Gasteiger partial charge in [-0.05, 0) is 25.0 Å². The maximum atomic E-state index is 12.4. The lowest BCUT2D eigenvalue weighted by Gasteiger charge is -2.39. The number of thiazole rings is 1. The molecule has 1 aliphatic heterocycles. The first-order valence-corrected chi connectivity index (χ1v) is 9.38. The first kappa shape index (κ1) is 16.7. The van der Waals surface area contributed by atoms with Crippen LogP contribution < -0.4 is 0 Å². The molecule has 23 heavy (non-hydrogen) atoms. The first-order valence-electron chi connectivity index (χ1n) is 7.58. The van der Waals surface area contributed by atoms with Gasteiger partial charge >= 0.3 is 0 Å². The van der Waals surface area contributed by atoms with Crippen LogP contribution in [0.3, 0.4) is 0 Å². The third kappa shape index (κ3) is 3.68. The van der Waals surface area contributed by atoms with Crippen LogP contribution in [0.4, 0.5) is 0 Å². The number of benzene rings is 1. The quantitative estimate of drug-likeness (QED) is 0.837. The molecule has 0 radical (unpaired) electrons. The normalized spacial score (nSPS) is 17.6. The summed E-state index contributed by atoms with van der Waals surface area (Å²) in [5.74, 6) is 0.524. The van der Waals surface area contributed by atoms with Crippen molar-refractivity contribution >= 4 is 39.2 Å². The summed E-state index contributed by atoms with van der Waals surface area (Å²) < 4.78 is 7.49. The Hall–Kier alpha value is -1.15. The zero-order valence-corrected chi connectivity index (χ0v) is 14.7. The maximum absolute atomic E-state index is 12.4. The summed E-state index contributed by atoms with van der Waals surface area (Å²) in [6.45, 7) is 1.27. The van der Waals surface area contributed by atoms with Gasteiger partial charge in [-0.15, -0.1) is 11.3 Å². The first-order chi connectivity index (χ1) is 11.2. The molecule has 1 aliphatic rings. The minimum atomic E-state index is -0.475. The van der Waals surface area contributed by atoms with Gasteiger partial charge in [0, 0.05) is 20.2 Å². The van der Waals surface area contributed by atoms with Crippen LogP contribution in [0.15, 0.2) is 28.6 Å². The number of methoxy groups -OCH3 is 1. The lowest BCUT2D eigenvalue weighted by molar-refractivity contribution is -0.136. The molecule has 124 valence electrons. The number of carbonyl (C=O) groups excluding carboxylic acids is 1. The number of piperidine rings is 1. The van der Waals surface area contributed by atoms with Crippen LogP contribution in [0.25, 0.3) is 10.2 Å². The van der Waals surface area contributed by atoms with Gasteiger partial charge in [0.15, 0.2) is 4.34 Å². The molecule has 1 aromatic carbocycles. The number of likely N-dealkylation sites (tertiary alicyclic amines) is 1. The highest BCUT2D eigenvalue weighted by Gasteiger charge is 2.35. The molecule has 0 saturated carbocycles. The highest BCUT2D eigenvalue weighted by molar-refractivity contribution is 8.01. The molecule has 1 fully saturated rings. The molecular weight excluding hydrogens is 332 g/mol. The van der Waals surface area contributed by atoms with E-state index in [-0.39, 0.29) is 12.5 Å². The Labute approximate surface area is 143 Å². The van der Waals surface area contributed by atoms with E-state index in [9.17, 15) is 9.90 Å². The molecule has 1 aromatic heterocycles. The molecule has 0 atom stereocenters. The monoisotopic (exact) mass is 352 g/mol. The van der Waals surface area contributed by atoms with Crippen LogP contribution in [0.1, 0.15) is 12.8 Å². The fourth-order valence-electron chi connectivity index (χ4n) is 2.72. The number of aliphatic hydroxyl groups is 1. The van der Waals surface area contributed by atoms with Gasteiger partial charge in [-0.1, -0.05) is 23.9 Å². The van der Waals surface area contributed by atoms with Crippen molar-refractivity contribution in [2.24, 2.45) is 0 Å². The van der Waals surface area contributed by atoms with E-state index in [0.717, 1.165) is 14.6 Å². The summed E-state index contributed by atoms with van der Waals surface area (Å²) in [6.07, 6.45) is 1.36. The molecule has 2 aromatic rings. The van der Waals surface area contributed by atoms with E-state index < -0.39 is 5.60 Å². The van der Waals surface area contributed by atoms with Crippen molar-refractivity contribution < 1.29 is 14.6 Å². The second-order valence-electron chi connectivity index (χ2n) is 5.66. The fraction of sp³-hybridized carbons (Fsp3) is 0.500. The highest BCUT2D eigenvalue weighted by atomic mass is 32.2. The van der Waals surface area contributed by atoms with Crippen molar-refractivity contribution in [3.8, 4) is 0 Å². The number of nitrogens with zero attached hydrogens (tertiary/aromatic N) is 2. The van der Waals surface area contributed by atoms with E-state index in [1.165, 1.54) is 11.8 Å². The van der Waals surface area contributed by atoms with Gasteiger partial charge in [-0.25, -0.2) is 4.98 Å². The van der Waals surface area contributed by atoms with Gasteiger partial charge in [0.05, 0.1) is 28.2 Å². The number of para-hydroxylation sites is 1. The average Bonchev–Trinajstić information content (AvgIpc) is 3.02. The average molecular weight is 352 g/mol. The molecule has 3 rings (SSSR count). The smallest absolute Gasteiger partial charge is 0.233 e. The molecule has 1 amide bonds. The number of amides is 1. The van der Waals surface area contributed by atoms with Crippen molar-refractivity contribution in [1.29, 1.82) is 0 Å². The second-order valence-corrected chi connectivity index (χ2v) is 7.92. The van der Waals surface area contributed by atoms with Gasteiger partial charge in [0.2, 0.25) is 5.91 Å². The van der Waals surface area contributed by atoms with E-state index >= 15 is 0 Å². The lowest BCUT2D eigenvalue weighted by Crippen LogP contribution is -2.50. The topological polar surface area (TPSA) is 62.7 Å². The number of hydrogen-bond acceptors (Lipinski definition) is 6. The molecule has 0 aliphatic carbocycles. The van der Waals surface area contributed by atoms with E-state index in [1.54, 1.807) is 18.4 Å². The summed E-state index contributed by atoms with van der Waals surface area (Å²) in [5.41, 5.74) is 0.509. The summed E-state index contributed by atoms with van der Waals surface area (Å²) in [4.78, 5) is 18.7. The Balaban J connectivity index is 1.54. The molecule has 0 bridgehead atoms. The number of hydrogen-bond donors (Lipinski definition) is 1. The van der Waals surface area contributed by atoms with Crippen LogP contribution in [-0.4, -0.2) is 59.1 Å². The minimum Gasteiger partial charge on any atom is -0.393 e. The minimum absolute atomic E-state index is 0.00594. The number of thioether (sulfide) groups is 1. The molecule has 2 heterocycles. The summed E-state index contributed by atoms with van der Waals surface area (Å²) in [7, 11) is 1.62. The van der Waals surface area contributed by atoms with Gasteiger partial charge < -0.3 is 14.7 Å². The van der Waals surface area contributed by atoms with Crippen LogP contribution >= 0.6 is 23.1 Å². The van der Waals surface area contributed by atoms with E-state index in [1.807, 2.05) is 29.2 Å². The van der Waals surface area contributed by atoms with Gasteiger partial charge in [-0.2, -0.15) is 0 Å². The Morgan fingerprint density at radius 1 is 1.43 bits per heavy atom. The van der Waals surface area contributed by atoms with Crippen LogP contribution in [0.5, 0.6) is 0 Å². The number of fused-ring (bicyclic) bond motifs is 1. The number of ether oxygens (including phenoxy) is 1. The summed E-state index contributed by atoms with van der Waals surface area (Å²) in [6, 6.07) is 8.00. The Morgan fingerprint density at radius 3 is 2.83 bits per heavy atom. The Bertz CT molecular complexity index is 642. The van der Waals surface area contributed by atoms with Gasteiger partial charge in [0.25, 0.3) is 0 Å². The summed E-state index contributed by atoms with van der Waals surface area (Å²) in [5, 5.41) is 9.45. The Morgan fingerprint density at radius 2 is 2.17 bits per heavy atom. The predicted octanol–water partition coefficient (Wildman–Crippen LogP) is 2.39. The zero-order valence-electron chi connectivity index (χ0n) is 13.0. The van der Waals surface area contributed by atoms with E-state index in [2.05, 4.69) is 4.98 Å². The molecule has 7 heteroatoms. The van der Waals surface area contributed by atoms with E-state index in [4.69, 9.17) is 4.74 Å². The second kappa shape index (κ2) is 7.17. The van der Waals surface area contributed by atoms with Crippen molar-refractivity contribution in [3.63, 3.8) is 0 Å². The van der Waals surface area contributed by atoms with Gasteiger partial charge in [-0.3, -0.25) is 4.79 Å². The summed E-state index contributed by atoms with van der Waals surface area (Å²) >= 11 is 3.12. The number of aliphatic hydroxyl groups excluding tert-OH is 1. The molecule has 1 N–H and O–H groups in total. The third-order valence-electron chi connectivity index (χ3n) is 4.34. The molecule has 0 spiro atoms. The molecule has 0 unspecified atom stereocenters. The largest absolute Gasteiger partial charge is 0.393 e. The van der Waals surface area contributed by atoms with Crippen LogP contribution in [-0.2, 0) is 9.53 Å². The molecule has 5 nitrogen and oxygen atoms in total. The van der Waals surface area contributed by atoms with Crippen LogP contribution in [0.2, 0.25) is 0 Å². The Kier molecular flexibility index (Phi) is 5.21. The number of aromatic nitrogens is 1. The fourth-order valence-corrected chi connectivity index (χ4v) is 4.69. The number of carbonyl (C=O) groups is 1. The van der Waals surface area contributed by atoms with Crippen molar-refractivity contribution in [2.75, 3.05) is 32.6 Å². The molecular formula is C16H20N2O3S2. The van der Waals surface area contributed by atoms with Crippen molar-refractivity contribution in [1.82, 2.24) is 9.88 Å². The maximum Gasteiger partial charge on any atom is 0.233 e. The highest BCUT2D eigenvalue weighted by Crippen LogP contribution is 2.30. The lowest BCUT2D eigenvalue weighted by atomic mass is 9.92. The third-order valence-corrected chi connectivity index (χ3v) is 6.51. The van der Waals surface area contributed by atoms with Crippen LogP contribution in [0, 0.1) is 0 Å². The number of rotatable bonds is 5. The van der Waals surface area contributed by atoms with Crippen molar-refractivity contribution in [2.45, 2.75) is 22.8 Å². The SMILES string of the molecule is COC1(CO)CCN(C(=O)CSc2nc3ccccc3s2)CC1. The standard InChI is InChI=1S/C16H20N2O3S2/c1-21-16(11-19)6-8-18(9-7-16)14(20)10-22-15-17-12-4-2-3-5-13(12)23-15/h2-5,19H,6-11H2,1H3.